The molecule has 0 fully saturated rings. The zero-order valence-electron chi connectivity index (χ0n) is 6.06. The van der Waals surface area contributed by atoms with Crippen molar-refractivity contribution in [1.29, 1.82) is 0 Å². The molecule has 0 spiro atoms. The lowest BCUT2D eigenvalue weighted by molar-refractivity contribution is 0.593. The van der Waals surface area contributed by atoms with Gasteiger partial charge in [0.05, 0.1) is 11.9 Å². The maximum absolute atomic E-state index is 11.1. The van der Waals surface area contributed by atoms with Crippen molar-refractivity contribution < 1.29 is 8.42 Å². The van der Waals surface area contributed by atoms with E-state index in [4.69, 9.17) is 0 Å². The minimum Gasteiger partial charge on any atom is -0.260 e. The van der Waals surface area contributed by atoms with Gasteiger partial charge in [0.15, 0.2) is 14.9 Å². The Hall–Kier alpha value is -0.970. The smallest absolute Gasteiger partial charge is 0.196 e. The molecule has 0 aromatic carbocycles. The van der Waals surface area contributed by atoms with E-state index >= 15 is 0 Å². The van der Waals surface area contributed by atoms with Crippen LogP contribution in [0.5, 0.6) is 0 Å². The van der Waals surface area contributed by atoms with Crippen molar-refractivity contribution in [3.63, 3.8) is 0 Å². The van der Waals surface area contributed by atoms with Crippen molar-refractivity contribution in [2.45, 2.75) is 11.9 Å². The van der Waals surface area contributed by atoms with Gasteiger partial charge in [-0.25, -0.2) is 13.4 Å². The van der Waals surface area contributed by atoms with Crippen LogP contribution in [0, 0.1) is 0 Å². The fraction of sp³-hybridized carbons (Fsp3) is 0.333. The number of sulfone groups is 1. The summed E-state index contributed by atoms with van der Waals surface area (Å²) < 4.78 is 22.2. The molecule has 1 aromatic heterocycles. The van der Waals surface area contributed by atoms with Gasteiger partial charge in [0, 0.05) is 12.4 Å². The van der Waals surface area contributed by atoms with Gasteiger partial charge < -0.3 is 0 Å². The molecule has 0 radical (unpaired) electrons. The summed E-state index contributed by atoms with van der Waals surface area (Å²) in [5.74, 6) is 0.0612. The van der Waals surface area contributed by atoms with E-state index in [1.54, 1.807) is 6.92 Å². The minimum absolute atomic E-state index is 0.0440. The van der Waals surface area contributed by atoms with E-state index in [-0.39, 0.29) is 10.8 Å². The van der Waals surface area contributed by atoms with Gasteiger partial charge in [0.25, 0.3) is 0 Å². The molecule has 0 bridgehead atoms. The Morgan fingerprint density at radius 2 is 2.18 bits per heavy atom. The van der Waals surface area contributed by atoms with Crippen LogP contribution < -0.4 is 0 Å². The second kappa shape index (κ2) is 2.96. The summed E-state index contributed by atoms with van der Waals surface area (Å²) in [4.78, 5) is 7.33. The van der Waals surface area contributed by atoms with Gasteiger partial charge in [-0.15, -0.1) is 0 Å². The summed E-state index contributed by atoms with van der Waals surface area (Å²) in [5, 5.41) is 0.0440. The average molecular weight is 172 g/mol. The third-order valence-corrected chi connectivity index (χ3v) is 2.85. The monoisotopic (exact) mass is 172 g/mol. The van der Waals surface area contributed by atoms with Crippen molar-refractivity contribution in [3.05, 3.63) is 18.6 Å². The van der Waals surface area contributed by atoms with E-state index in [0.29, 0.717) is 0 Å². The van der Waals surface area contributed by atoms with E-state index in [1.807, 2.05) is 0 Å². The second-order valence-electron chi connectivity index (χ2n) is 1.95. The van der Waals surface area contributed by atoms with E-state index in [1.165, 1.54) is 18.6 Å². The van der Waals surface area contributed by atoms with Crippen LogP contribution in [0.3, 0.4) is 0 Å². The molecule has 0 saturated heterocycles. The van der Waals surface area contributed by atoms with Crippen LogP contribution in [-0.4, -0.2) is 24.1 Å². The lowest BCUT2D eigenvalue weighted by Gasteiger charge is -1.96. The summed E-state index contributed by atoms with van der Waals surface area (Å²) in [6, 6.07) is 0. The molecule has 0 unspecified atom stereocenters. The lowest BCUT2D eigenvalue weighted by Crippen LogP contribution is -2.05. The van der Waals surface area contributed by atoms with Crippen molar-refractivity contribution >= 4 is 9.84 Å². The predicted octanol–water partition coefficient (Wildman–Crippen LogP) is 0.270. The van der Waals surface area contributed by atoms with Crippen LogP contribution in [0.4, 0.5) is 0 Å². The van der Waals surface area contributed by atoms with Crippen LogP contribution in [-0.2, 0) is 9.84 Å². The molecule has 5 heteroatoms. The minimum atomic E-state index is -3.17. The zero-order chi connectivity index (χ0) is 8.32. The Kier molecular flexibility index (Phi) is 2.19. The number of hydrogen-bond acceptors (Lipinski definition) is 4. The molecule has 0 aliphatic heterocycles. The van der Waals surface area contributed by atoms with Crippen LogP contribution in [0.15, 0.2) is 23.6 Å². The Balaban J connectivity index is 3.14. The van der Waals surface area contributed by atoms with Crippen molar-refractivity contribution in [2.24, 2.45) is 0 Å². The van der Waals surface area contributed by atoms with E-state index in [0.717, 1.165) is 0 Å². The molecule has 11 heavy (non-hydrogen) atoms. The van der Waals surface area contributed by atoms with Gasteiger partial charge in [-0.05, 0) is 0 Å². The zero-order valence-corrected chi connectivity index (χ0v) is 6.87. The first kappa shape index (κ1) is 8.13. The summed E-state index contributed by atoms with van der Waals surface area (Å²) in [7, 11) is -3.17. The number of hydrogen-bond donors (Lipinski definition) is 0. The highest BCUT2D eigenvalue weighted by Gasteiger charge is 2.11. The molecular weight excluding hydrogens is 164 g/mol. The van der Waals surface area contributed by atoms with Gasteiger partial charge in [0.1, 0.15) is 0 Å². The fourth-order valence-corrected chi connectivity index (χ4v) is 1.33. The van der Waals surface area contributed by atoms with Gasteiger partial charge in [-0.2, -0.15) is 0 Å². The van der Waals surface area contributed by atoms with Crippen molar-refractivity contribution in [2.75, 3.05) is 5.75 Å². The number of aromatic nitrogens is 2. The first-order valence-electron chi connectivity index (χ1n) is 3.15. The first-order chi connectivity index (χ1) is 5.17. The Morgan fingerprint density at radius 1 is 1.45 bits per heavy atom. The quantitative estimate of drug-likeness (QED) is 0.642. The van der Waals surface area contributed by atoms with Crippen LogP contribution in [0.2, 0.25) is 0 Å². The highest BCUT2D eigenvalue weighted by molar-refractivity contribution is 7.91. The van der Waals surface area contributed by atoms with Crippen LogP contribution in [0.25, 0.3) is 0 Å². The van der Waals surface area contributed by atoms with Crippen LogP contribution >= 0.6 is 0 Å². The first-order valence-corrected chi connectivity index (χ1v) is 4.81. The Bertz CT molecular complexity index is 320. The third-order valence-electron chi connectivity index (χ3n) is 1.24. The molecular formula is C6H8N2O2S. The summed E-state index contributed by atoms with van der Waals surface area (Å²) >= 11 is 0. The molecule has 1 rings (SSSR count). The molecule has 0 aliphatic rings. The maximum Gasteiger partial charge on any atom is 0.196 e. The highest BCUT2D eigenvalue weighted by atomic mass is 32.2. The van der Waals surface area contributed by atoms with Crippen molar-refractivity contribution in [1.82, 2.24) is 9.97 Å². The number of rotatable bonds is 2. The average Bonchev–Trinajstić information content (AvgIpc) is 2.06. The summed E-state index contributed by atoms with van der Waals surface area (Å²) in [6.45, 7) is 1.57. The highest BCUT2D eigenvalue weighted by Crippen LogP contribution is 2.03. The molecule has 4 nitrogen and oxygen atoms in total. The van der Waals surface area contributed by atoms with Gasteiger partial charge in [-0.3, -0.25) is 4.98 Å². The summed E-state index contributed by atoms with van der Waals surface area (Å²) in [5.41, 5.74) is 0. The fourth-order valence-electron chi connectivity index (χ4n) is 0.594. The molecule has 0 aliphatic carbocycles. The molecule has 0 atom stereocenters. The maximum atomic E-state index is 11.1. The number of nitrogens with zero attached hydrogens (tertiary/aromatic N) is 2. The Labute approximate surface area is 65.2 Å². The normalized spacial score (nSPS) is 11.4. The molecule has 0 saturated carbocycles. The predicted molar refractivity (Wildman–Crippen MR) is 39.8 cm³/mol. The SMILES string of the molecule is CCS(=O)(=O)c1cnccn1. The van der Waals surface area contributed by atoms with E-state index in [2.05, 4.69) is 9.97 Å². The van der Waals surface area contributed by atoms with Gasteiger partial charge in [-0.1, -0.05) is 6.92 Å². The lowest BCUT2D eigenvalue weighted by atomic mass is 10.8. The topological polar surface area (TPSA) is 59.9 Å². The molecule has 0 N–H and O–H groups in total. The van der Waals surface area contributed by atoms with E-state index in [9.17, 15) is 8.42 Å². The molecule has 0 amide bonds. The van der Waals surface area contributed by atoms with Crippen molar-refractivity contribution in [3.8, 4) is 0 Å². The largest absolute Gasteiger partial charge is 0.260 e. The van der Waals surface area contributed by atoms with Crippen LogP contribution in [0.1, 0.15) is 6.92 Å². The second-order valence-corrected chi connectivity index (χ2v) is 4.17. The Morgan fingerprint density at radius 3 is 2.64 bits per heavy atom. The van der Waals surface area contributed by atoms with Gasteiger partial charge in [0.2, 0.25) is 0 Å². The molecule has 1 aromatic rings. The molecule has 60 valence electrons. The van der Waals surface area contributed by atoms with E-state index < -0.39 is 9.84 Å². The van der Waals surface area contributed by atoms with Gasteiger partial charge >= 0.3 is 0 Å². The third kappa shape index (κ3) is 1.74. The molecule has 1 heterocycles. The standard InChI is InChI=1S/C6H8N2O2S/c1-2-11(9,10)6-5-7-3-4-8-6/h3-5H,2H2,1H3. The summed E-state index contributed by atoms with van der Waals surface area (Å²) in [6.07, 6.45) is 4.05.